The highest BCUT2D eigenvalue weighted by atomic mass is 19.1. The normalized spacial score (nSPS) is 18.1. The van der Waals surface area contributed by atoms with Gasteiger partial charge in [-0.3, -0.25) is 4.79 Å². The van der Waals surface area contributed by atoms with Crippen LogP contribution in [0.5, 0.6) is 11.5 Å². The third-order valence-corrected chi connectivity index (χ3v) is 7.99. The number of hydrogen-bond donors (Lipinski definition) is 2. The standard InChI is InChI=1S/C32H45FN4O5/c1-22(2)36(31(38)24-8-13-29(41-4)30(16-24)42-15-5-14-40-3)20-25-18-34-19-26(25)21-37(28-11-12-28)32(39)35-17-23-6-9-27(33)10-7-23/h6-10,13,16,22,25-26,28,34H,5,11-12,14-15,17-21H2,1-4H3,(H,35,39)/t25-,26-/m0/s1. The number of methoxy groups -OCH3 is 2. The molecule has 1 aliphatic carbocycles. The van der Waals surface area contributed by atoms with Crippen LogP contribution < -0.4 is 20.1 Å². The lowest BCUT2D eigenvalue weighted by Gasteiger charge is -2.33. The second-order valence-electron chi connectivity index (χ2n) is 11.5. The Morgan fingerprint density at radius 2 is 1.71 bits per heavy atom. The second-order valence-corrected chi connectivity index (χ2v) is 11.5. The number of nitrogens with zero attached hydrogens (tertiary/aromatic N) is 2. The van der Waals surface area contributed by atoms with Gasteiger partial charge < -0.3 is 34.6 Å². The molecule has 42 heavy (non-hydrogen) atoms. The molecule has 2 aromatic rings. The van der Waals surface area contributed by atoms with Crippen molar-refractivity contribution in [3.63, 3.8) is 0 Å². The molecule has 2 aliphatic rings. The molecule has 1 aliphatic heterocycles. The Balaban J connectivity index is 1.40. The van der Waals surface area contributed by atoms with Gasteiger partial charge in [-0.05, 0) is 74.4 Å². The van der Waals surface area contributed by atoms with Crippen molar-refractivity contribution in [2.24, 2.45) is 11.8 Å². The number of amides is 3. The Hall–Kier alpha value is -3.37. The maximum atomic E-state index is 13.8. The number of benzene rings is 2. The fourth-order valence-corrected chi connectivity index (χ4v) is 5.39. The lowest BCUT2D eigenvalue weighted by molar-refractivity contribution is 0.0652. The molecular weight excluding hydrogens is 539 g/mol. The van der Waals surface area contributed by atoms with E-state index in [4.69, 9.17) is 14.2 Å². The molecule has 2 aromatic carbocycles. The molecule has 0 bridgehead atoms. The number of hydrogen-bond acceptors (Lipinski definition) is 6. The third-order valence-electron chi connectivity index (χ3n) is 7.99. The van der Waals surface area contributed by atoms with Gasteiger partial charge in [0.1, 0.15) is 5.82 Å². The minimum Gasteiger partial charge on any atom is -0.493 e. The van der Waals surface area contributed by atoms with Crippen molar-refractivity contribution in [2.75, 3.05) is 53.6 Å². The molecule has 1 saturated carbocycles. The van der Waals surface area contributed by atoms with E-state index in [0.717, 1.165) is 37.9 Å². The summed E-state index contributed by atoms with van der Waals surface area (Å²) in [5.74, 6) is 1.18. The summed E-state index contributed by atoms with van der Waals surface area (Å²) in [7, 11) is 3.24. The zero-order valence-electron chi connectivity index (χ0n) is 25.2. The first-order valence-corrected chi connectivity index (χ1v) is 14.9. The van der Waals surface area contributed by atoms with Gasteiger partial charge in [0, 0.05) is 70.5 Å². The summed E-state index contributed by atoms with van der Waals surface area (Å²) in [5.41, 5.74) is 1.41. The van der Waals surface area contributed by atoms with Gasteiger partial charge in [-0.15, -0.1) is 0 Å². The van der Waals surface area contributed by atoms with Crippen LogP contribution in [-0.2, 0) is 11.3 Å². The first-order valence-electron chi connectivity index (χ1n) is 14.9. The van der Waals surface area contributed by atoms with Gasteiger partial charge in [0.15, 0.2) is 11.5 Å². The van der Waals surface area contributed by atoms with Gasteiger partial charge in [-0.25, -0.2) is 9.18 Å². The quantitative estimate of drug-likeness (QED) is 0.303. The maximum Gasteiger partial charge on any atom is 0.317 e. The van der Waals surface area contributed by atoms with Crippen molar-refractivity contribution in [2.45, 2.75) is 51.7 Å². The maximum absolute atomic E-state index is 13.8. The van der Waals surface area contributed by atoms with Crippen LogP contribution in [-0.4, -0.2) is 87.4 Å². The zero-order valence-corrected chi connectivity index (χ0v) is 25.2. The van der Waals surface area contributed by atoms with E-state index in [1.165, 1.54) is 12.1 Å². The van der Waals surface area contributed by atoms with Crippen LogP contribution in [0.15, 0.2) is 42.5 Å². The van der Waals surface area contributed by atoms with Gasteiger partial charge in [0.05, 0.1) is 13.7 Å². The Bertz CT molecular complexity index is 1170. The van der Waals surface area contributed by atoms with Crippen molar-refractivity contribution in [1.29, 1.82) is 0 Å². The summed E-state index contributed by atoms with van der Waals surface area (Å²) in [6.07, 6.45) is 2.73. The van der Waals surface area contributed by atoms with Crippen LogP contribution in [0.3, 0.4) is 0 Å². The topological polar surface area (TPSA) is 92.4 Å². The molecule has 2 fully saturated rings. The molecular formula is C32H45FN4O5. The molecule has 10 heteroatoms. The van der Waals surface area contributed by atoms with Crippen molar-refractivity contribution in [3.8, 4) is 11.5 Å². The average molecular weight is 585 g/mol. The summed E-state index contributed by atoms with van der Waals surface area (Å²) in [6.45, 7) is 8.24. The number of carbonyl (C=O) groups excluding carboxylic acids is 2. The fourth-order valence-electron chi connectivity index (χ4n) is 5.39. The smallest absolute Gasteiger partial charge is 0.317 e. The fraction of sp³-hybridized carbons (Fsp3) is 0.562. The lowest BCUT2D eigenvalue weighted by Crippen LogP contribution is -2.47. The van der Waals surface area contributed by atoms with Crippen LogP contribution in [0, 0.1) is 17.7 Å². The van der Waals surface area contributed by atoms with E-state index in [9.17, 15) is 14.0 Å². The Morgan fingerprint density at radius 1 is 1.00 bits per heavy atom. The number of ether oxygens (including phenoxy) is 3. The summed E-state index contributed by atoms with van der Waals surface area (Å²) in [6, 6.07) is 11.6. The van der Waals surface area contributed by atoms with Crippen molar-refractivity contribution < 1.29 is 28.2 Å². The van der Waals surface area contributed by atoms with Gasteiger partial charge in [0.25, 0.3) is 5.91 Å². The van der Waals surface area contributed by atoms with E-state index in [2.05, 4.69) is 10.6 Å². The Kier molecular flexibility index (Phi) is 11.4. The van der Waals surface area contributed by atoms with Gasteiger partial charge in [-0.2, -0.15) is 0 Å². The Morgan fingerprint density at radius 3 is 2.36 bits per heavy atom. The first kappa shape index (κ1) is 31.6. The van der Waals surface area contributed by atoms with Gasteiger partial charge >= 0.3 is 6.03 Å². The van der Waals surface area contributed by atoms with Crippen LogP contribution in [0.4, 0.5) is 9.18 Å². The molecule has 9 nitrogen and oxygen atoms in total. The highest BCUT2D eigenvalue weighted by Gasteiger charge is 2.38. The summed E-state index contributed by atoms with van der Waals surface area (Å²) >= 11 is 0. The third kappa shape index (κ3) is 8.58. The predicted molar refractivity (Wildman–Crippen MR) is 159 cm³/mol. The Labute approximate surface area is 248 Å². The summed E-state index contributed by atoms with van der Waals surface area (Å²) < 4.78 is 29.7. The number of carbonyl (C=O) groups is 2. The first-order chi connectivity index (χ1) is 20.3. The van der Waals surface area contributed by atoms with Gasteiger partial charge in [0.2, 0.25) is 0 Å². The van der Waals surface area contributed by atoms with E-state index in [1.54, 1.807) is 44.6 Å². The molecule has 230 valence electrons. The molecule has 1 heterocycles. The van der Waals surface area contributed by atoms with Crippen LogP contribution in [0.25, 0.3) is 0 Å². The SMILES string of the molecule is COCCCOc1cc(C(=O)N(C[C@@H]2CNC[C@H]2CN(C(=O)NCc2ccc(F)cc2)C2CC2)C(C)C)ccc1OC. The molecule has 4 rings (SSSR count). The van der Waals surface area contributed by atoms with Gasteiger partial charge in [-0.1, -0.05) is 12.1 Å². The van der Waals surface area contributed by atoms with Crippen LogP contribution >= 0.6 is 0 Å². The van der Waals surface area contributed by atoms with Crippen molar-refractivity contribution in [1.82, 2.24) is 20.4 Å². The molecule has 2 N–H and O–H groups in total. The number of urea groups is 1. The van der Waals surface area contributed by atoms with E-state index in [0.29, 0.717) is 49.9 Å². The van der Waals surface area contributed by atoms with Crippen molar-refractivity contribution in [3.05, 3.63) is 59.4 Å². The molecule has 0 aromatic heterocycles. The number of nitrogens with one attached hydrogen (secondary N) is 2. The van der Waals surface area contributed by atoms with E-state index in [1.807, 2.05) is 23.6 Å². The number of rotatable bonds is 15. The minimum absolute atomic E-state index is 0.00883. The van der Waals surface area contributed by atoms with Crippen LogP contribution in [0.1, 0.15) is 49.0 Å². The molecule has 0 spiro atoms. The molecule has 1 saturated heterocycles. The average Bonchev–Trinajstić information content (AvgIpc) is 3.74. The van der Waals surface area contributed by atoms with E-state index >= 15 is 0 Å². The highest BCUT2D eigenvalue weighted by Crippen LogP contribution is 2.32. The summed E-state index contributed by atoms with van der Waals surface area (Å²) in [4.78, 5) is 30.9. The molecule has 0 unspecified atom stereocenters. The van der Waals surface area contributed by atoms with Crippen molar-refractivity contribution >= 4 is 11.9 Å². The summed E-state index contributed by atoms with van der Waals surface area (Å²) in [5, 5.41) is 6.51. The molecule has 0 radical (unpaired) electrons. The monoisotopic (exact) mass is 584 g/mol. The lowest BCUT2D eigenvalue weighted by atomic mass is 9.94. The zero-order chi connectivity index (χ0) is 30.1. The second kappa shape index (κ2) is 15.2. The van der Waals surface area contributed by atoms with E-state index in [-0.39, 0.29) is 41.7 Å². The molecule has 3 amide bonds. The van der Waals surface area contributed by atoms with E-state index < -0.39 is 0 Å². The predicted octanol–water partition coefficient (Wildman–Crippen LogP) is 4.31. The minimum atomic E-state index is -0.294. The highest BCUT2D eigenvalue weighted by molar-refractivity contribution is 5.95. The number of halogens is 1. The molecule has 2 atom stereocenters. The largest absolute Gasteiger partial charge is 0.493 e. The van der Waals surface area contributed by atoms with Crippen LogP contribution in [0.2, 0.25) is 0 Å².